The largest absolute Gasteiger partial charge is 0.487 e. The van der Waals surface area contributed by atoms with Gasteiger partial charge in [0.05, 0.1) is 25.7 Å². The average Bonchev–Trinajstić information content (AvgIpc) is 3.13. The van der Waals surface area contributed by atoms with E-state index in [-0.39, 0.29) is 12.2 Å². The highest BCUT2D eigenvalue weighted by molar-refractivity contribution is 6.18. The van der Waals surface area contributed by atoms with Gasteiger partial charge in [-0.3, -0.25) is 0 Å². The molecular weight excluding hydrogens is 228 g/mol. The van der Waals surface area contributed by atoms with Crippen LogP contribution in [0.25, 0.3) is 0 Å². The number of rotatable bonds is 7. The third-order valence-electron chi connectivity index (χ3n) is 2.23. The molecule has 3 nitrogen and oxygen atoms in total. The van der Waals surface area contributed by atoms with E-state index in [9.17, 15) is 0 Å². The zero-order chi connectivity index (χ0) is 11.2. The van der Waals surface area contributed by atoms with Crippen molar-refractivity contribution in [3.63, 3.8) is 0 Å². The van der Waals surface area contributed by atoms with E-state index in [4.69, 9.17) is 25.8 Å². The molecule has 0 amide bonds. The van der Waals surface area contributed by atoms with Gasteiger partial charge in [-0.25, -0.2) is 0 Å². The molecule has 1 saturated heterocycles. The molecule has 0 aliphatic carbocycles. The zero-order valence-corrected chi connectivity index (χ0v) is 9.73. The molecule has 0 saturated carbocycles. The molecule has 2 atom stereocenters. The first-order chi connectivity index (χ1) is 7.88. The van der Waals surface area contributed by atoms with E-state index >= 15 is 0 Å². The summed E-state index contributed by atoms with van der Waals surface area (Å²) in [4.78, 5) is 0. The van der Waals surface area contributed by atoms with Crippen LogP contribution in [0.5, 0.6) is 5.75 Å². The van der Waals surface area contributed by atoms with Gasteiger partial charge in [-0.05, 0) is 12.1 Å². The van der Waals surface area contributed by atoms with Crippen LogP contribution in [0.4, 0.5) is 0 Å². The lowest BCUT2D eigenvalue weighted by molar-refractivity contribution is 0.0519. The first kappa shape index (κ1) is 11.7. The predicted octanol–water partition coefficient (Wildman–Crippen LogP) is 2.09. The average molecular weight is 243 g/mol. The minimum atomic E-state index is -0.109. The van der Waals surface area contributed by atoms with E-state index < -0.39 is 0 Å². The minimum absolute atomic E-state index is 0.109. The van der Waals surface area contributed by atoms with Crippen LogP contribution in [0.3, 0.4) is 0 Å². The molecule has 4 heteroatoms. The number of alkyl halides is 1. The van der Waals surface area contributed by atoms with Crippen molar-refractivity contribution in [2.45, 2.75) is 12.2 Å². The molecule has 1 heterocycles. The maximum Gasteiger partial charge on any atom is 0.135 e. The fourth-order valence-corrected chi connectivity index (χ4v) is 1.45. The van der Waals surface area contributed by atoms with E-state index in [1.165, 1.54) is 0 Å². The van der Waals surface area contributed by atoms with Crippen molar-refractivity contribution in [1.29, 1.82) is 0 Å². The van der Waals surface area contributed by atoms with Gasteiger partial charge in [0.25, 0.3) is 0 Å². The summed E-state index contributed by atoms with van der Waals surface area (Å²) in [7, 11) is 0. The summed E-state index contributed by atoms with van der Waals surface area (Å²) < 4.78 is 16.2. The number of benzene rings is 1. The highest BCUT2D eigenvalue weighted by atomic mass is 35.5. The van der Waals surface area contributed by atoms with E-state index in [0.29, 0.717) is 19.1 Å². The highest BCUT2D eigenvalue weighted by Crippen LogP contribution is 2.13. The number of para-hydroxylation sites is 1. The van der Waals surface area contributed by atoms with Crippen molar-refractivity contribution in [1.82, 2.24) is 0 Å². The number of hydrogen-bond donors (Lipinski definition) is 0. The van der Waals surface area contributed by atoms with Crippen LogP contribution < -0.4 is 4.74 Å². The fraction of sp³-hybridized carbons (Fsp3) is 0.500. The number of epoxide rings is 1. The van der Waals surface area contributed by atoms with Gasteiger partial charge in [0.2, 0.25) is 0 Å². The Balaban J connectivity index is 1.71. The first-order valence-electron chi connectivity index (χ1n) is 5.35. The first-order valence-corrected chi connectivity index (χ1v) is 5.89. The van der Waals surface area contributed by atoms with Crippen LogP contribution in [-0.4, -0.2) is 37.9 Å². The molecular formula is C12H15ClO3. The molecule has 1 aliphatic rings. The van der Waals surface area contributed by atoms with Gasteiger partial charge in [0.1, 0.15) is 18.0 Å². The van der Waals surface area contributed by atoms with Gasteiger partial charge < -0.3 is 14.2 Å². The normalized spacial score (nSPS) is 20.4. The Morgan fingerprint density at radius 3 is 2.75 bits per heavy atom. The van der Waals surface area contributed by atoms with Gasteiger partial charge in [0.15, 0.2) is 0 Å². The van der Waals surface area contributed by atoms with Crippen LogP contribution in [0.15, 0.2) is 30.3 Å². The summed E-state index contributed by atoms with van der Waals surface area (Å²) >= 11 is 5.81. The Morgan fingerprint density at radius 2 is 2.12 bits per heavy atom. The second-order valence-electron chi connectivity index (χ2n) is 3.70. The summed E-state index contributed by atoms with van der Waals surface area (Å²) in [6, 6.07) is 9.62. The molecule has 88 valence electrons. The number of hydrogen-bond acceptors (Lipinski definition) is 3. The van der Waals surface area contributed by atoms with E-state index in [1.54, 1.807) is 0 Å². The van der Waals surface area contributed by atoms with Crippen molar-refractivity contribution < 1.29 is 14.2 Å². The van der Waals surface area contributed by atoms with Gasteiger partial charge >= 0.3 is 0 Å². The van der Waals surface area contributed by atoms with E-state index in [1.807, 2.05) is 30.3 Å². The SMILES string of the molecule is ClCC(COCC1CO1)Oc1ccccc1. The summed E-state index contributed by atoms with van der Waals surface area (Å²) in [6.07, 6.45) is 0.176. The Labute approximate surface area is 100 Å². The lowest BCUT2D eigenvalue weighted by Crippen LogP contribution is -2.25. The van der Waals surface area contributed by atoms with Gasteiger partial charge in [-0.1, -0.05) is 18.2 Å². The summed E-state index contributed by atoms with van der Waals surface area (Å²) in [5.74, 6) is 1.24. The van der Waals surface area contributed by atoms with Crippen LogP contribution in [0, 0.1) is 0 Å². The van der Waals surface area contributed by atoms with Crippen LogP contribution in [-0.2, 0) is 9.47 Å². The Bertz CT molecular complexity index is 300. The van der Waals surface area contributed by atoms with Gasteiger partial charge in [-0.2, -0.15) is 0 Å². The Kier molecular flexibility index (Phi) is 4.45. The third-order valence-corrected chi connectivity index (χ3v) is 2.57. The molecule has 0 radical (unpaired) electrons. The molecule has 1 fully saturated rings. The molecule has 0 bridgehead atoms. The molecule has 1 aromatic rings. The van der Waals surface area contributed by atoms with Crippen molar-refractivity contribution in [3.05, 3.63) is 30.3 Å². The van der Waals surface area contributed by atoms with Crippen molar-refractivity contribution in [2.24, 2.45) is 0 Å². The highest BCUT2D eigenvalue weighted by Gasteiger charge is 2.23. The Morgan fingerprint density at radius 1 is 1.38 bits per heavy atom. The minimum Gasteiger partial charge on any atom is -0.487 e. The molecule has 2 unspecified atom stereocenters. The number of ether oxygens (including phenoxy) is 3. The summed E-state index contributed by atoms with van der Waals surface area (Å²) in [5.41, 5.74) is 0. The third kappa shape index (κ3) is 4.00. The van der Waals surface area contributed by atoms with Crippen LogP contribution in [0.2, 0.25) is 0 Å². The molecule has 1 aromatic carbocycles. The quantitative estimate of drug-likeness (QED) is 0.542. The van der Waals surface area contributed by atoms with Crippen LogP contribution in [0.1, 0.15) is 0 Å². The van der Waals surface area contributed by atoms with Gasteiger partial charge in [-0.15, -0.1) is 11.6 Å². The maximum atomic E-state index is 5.81. The van der Waals surface area contributed by atoms with Gasteiger partial charge in [0, 0.05) is 0 Å². The topological polar surface area (TPSA) is 31.0 Å². The van der Waals surface area contributed by atoms with Crippen molar-refractivity contribution >= 4 is 11.6 Å². The Hall–Kier alpha value is -0.770. The predicted molar refractivity (Wildman–Crippen MR) is 62.1 cm³/mol. The fourth-order valence-electron chi connectivity index (χ4n) is 1.30. The number of halogens is 1. The summed E-state index contributed by atoms with van der Waals surface area (Å²) in [5, 5.41) is 0. The van der Waals surface area contributed by atoms with Crippen LogP contribution >= 0.6 is 11.6 Å². The second kappa shape index (κ2) is 6.09. The molecule has 2 rings (SSSR count). The monoisotopic (exact) mass is 242 g/mol. The molecule has 1 aliphatic heterocycles. The molecule has 16 heavy (non-hydrogen) atoms. The van der Waals surface area contributed by atoms with Crippen molar-refractivity contribution in [2.75, 3.05) is 25.7 Å². The second-order valence-corrected chi connectivity index (χ2v) is 4.01. The zero-order valence-electron chi connectivity index (χ0n) is 8.97. The standard InChI is InChI=1S/C12H15ClO3/c13-6-11(7-14-8-12-9-15-12)16-10-4-2-1-3-5-10/h1-5,11-12H,6-9H2. The van der Waals surface area contributed by atoms with E-state index in [0.717, 1.165) is 12.4 Å². The molecule has 0 spiro atoms. The lowest BCUT2D eigenvalue weighted by atomic mass is 10.3. The smallest absolute Gasteiger partial charge is 0.135 e. The summed E-state index contributed by atoms with van der Waals surface area (Å²) in [6.45, 7) is 1.94. The lowest BCUT2D eigenvalue weighted by Gasteiger charge is -2.16. The van der Waals surface area contributed by atoms with E-state index in [2.05, 4.69) is 0 Å². The molecule has 0 N–H and O–H groups in total. The maximum absolute atomic E-state index is 5.81. The van der Waals surface area contributed by atoms with Crippen molar-refractivity contribution in [3.8, 4) is 5.75 Å². The molecule has 0 aromatic heterocycles.